The van der Waals surface area contributed by atoms with Crippen LogP contribution in [-0.4, -0.2) is 54.1 Å². The minimum atomic E-state index is -4.54. The van der Waals surface area contributed by atoms with Crippen molar-refractivity contribution in [3.63, 3.8) is 0 Å². The molecule has 2 heterocycles. The van der Waals surface area contributed by atoms with Crippen LogP contribution >= 0.6 is 0 Å². The topological polar surface area (TPSA) is 85.2 Å². The maximum atomic E-state index is 13.0. The fourth-order valence-corrected chi connectivity index (χ4v) is 3.65. The van der Waals surface area contributed by atoms with E-state index >= 15 is 0 Å². The van der Waals surface area contributed by atoms with Crippen LogP contribution in [0.3, 0.4) is 0 Å². The number of pyridine rings is 1. The van der Waals surface area contributed by atoms with Crippen molar-refractivity contribution in [2.75, 3.05) is 20.4 Å². The van der Waals surface area contributed by atoms with Gasteiger partial charge in [-0.2, -0.15) is 13.2 Å². The average Bonchev–Trinajstić information content (AvgIpc) is 2.95. The van der Waals surface area contributed by atoms with Gasteiger partial charge in [0.25, 0.3) is 5.91 Å². The molecule has 0 aliphatic carbocycles. The van der Waals surface area contributed by atoms with Crippen LogP contribution in [-0.2, 0) is 23.1 Å². The lowest BCUT2D eigenvalue weighted by Gasteiger charge is -2.12. The second-order valence-corrected chi connectivity index (χ2v) is 8.69. The number of fused-ring (bicyclic) bond motifs is 1. The molecule has 0 unspecified atom stereocenters. The number of rotatable bonds is 3. The summed E-state index contributed by atoms with van der Waals surface area (Å²) in [6.07, 6.45) is -3.56. The fraction of sp³-hybridized carbons (Fsp3) is 0.278. The molecule has 3 aromatic rings. The number of halogens is 3. The highest BCUT2D eigenvalue weighted by atomic mass is 32.2. The molecule has 0 radical (unpaired) electrons. The van der Waals surface area contributed by atoms with Crippen molar-refractivity contribution in [3.8, 4) is 11.5 Å². The van der Waals surface area contributed by atoms with Crippen molar-refractivity contribution in [1.29, 1.82) is 0 Å². The maximum Gasteiger partial charge on any atom is 0.416 e. The second-order valence-electron chi connectivity index (χ2n) is 6.71. The molecule has 0 fully saturated rings. The van der Waals surface area contributed by atoms with Crippen LogP contribution in [0.4, 0.5) is 13.2 Å². The summed E-state index contributed by atoms with van der Waals surface area (Å²) in [4.78, 5) is 21.7. The van der Waals surface area contributed by atoms with E-state index in [0.717, 1.165) is 18.4 Å². The molecule has 0 N–H and O–H groups in total. The summed E-state index contributed by atoms with van der Waals surface area (Å²) >= 11 is 0. The molecule has 29 heavy (non-hydrogen) atoms. The Balaban J connectivity index is 2.31. The van der Waals surface area contributed by atoms with Gasteiger partial charge in [0.05, 0.1) is 21.5 Å². The summed E-state index contributed by atoms with van der Waals surface area (Å²) in [6.45, 7) is 0. The van der Waals surface area contributed by atoms with Crippen molar-refractivity contribution in [3.05, 3.63) is 41.6 Å². The second kappa shape index (κ2) is 6.83. The molecule has 11 heteroatoms. The van der Waals surface area contributed by atoms with Gasteiger partial charge in [-0.25, -0.2) is 18.4 Å². The van der Waals surface area contributed by atoms with Gasteiger partial charge in [0.2, 0.25) is 0 Å². The molecular formula is C18H17F3N4O3S. The quantitative estimate of drug-likeness (QED) is 0.643. The third-order valence-electron chi connectivity index (χ3n) is 4.30. The van der Waals surface area contributed by atoms with Crippen LogP contribution < -0.4 is 0 Å². The Morgan fingerprint density at radius 3 is 2.31 bits per heavy atom. The Hall–Kier alpha value is -2.95. The first-order valence-electron chi connectivity index (χ1n) is 8.27. The number of aromatic nitrogens is 3. The van der Waals surface area contributed by atoms with E-state index in [9.17, 15) is 26.4 Å². The Bertz CT molecular complexity index is 1230. The molecule has 3 rings (SSSR count). The van der Waals surface area contributed by atoms with Gasteiger partial charge >= 0.3 is 6.18 Å². The number of amides is 1. The smallest absolute Gasteiger partial charge is 0.343 e. The predicted molar refractivity (Wildman–Crippen MR) is 100 cm³/mol. The van der Waals surface area contributed by atoms with Crippen LogP contribution in [0.15, 0.2) is 35.2 Å². The molecule has 1 amide bonds. The predicted octanol–water partition coefficient (Wildman–Crippen LogP) is 2.76. The number of hydrogen-bond acceptors (Lipinski definition) is 5. The van der Waals surface area contributed by atoms with Gasteiger partial charge in [-0.05, 0) is 30.3 Å². The summed E-state index contributed by atoms with van der Waals surface area (Å²) in [6, 6.07) is 5.59. The van der Waals surface area contributed by atoms with Crippen molar-refractivity contribution in [2.45, 2.75) is 11.1 Å². The standard InChI is InChI=1S/C18H17F3N4O3S/c1-24(2)17(26)11-6-8-14(29(4,27)28)15(22-11)16-23-12-9-10(18(19,20)21)5-7-13(12)25(16)3/h5-9H,1-4H3. The number of aryl methyl sites for hydroxylation is 1. The van der Waals surface area contributed by atoms with Gasteiger partial charge in [-0.3, -0.25) is 4.79 Å². The highest BCUT2D eigenvalue weighted by Crippen LogP contribution is 2.33. The SMILES string of the molecule is CN(C)C(=O)c1ccc(S(C)(=O)=O)c(-c2nc3cc(C(F)(F)F)ccc3n2C)n1. The molecule has 0 aliphatic heterocycles. The maximum absolute atomic E-state index is 13.0. The molecule has 7 nitrogen and oxygen atoms in total. The Kier molecular flexibility index (Phi) is 4.89. The summed E-state index contributed by atoms with van der Waals surface area (Å²) in [7, 11) is 0.815. The van der Waals surface area contributed by atoms with E-state index < -0.39 is 27.5 Å². The van der Waals surface area contributed by atoms with E-state index in [1.165, 1.54) is 48.8 Å². The van der Waals surface area contributed by atoms with Crippen molar-refractivity contribution >= 4 is 26.8 Å². The summed E-state index contributed by atoms with van der Waals surface area (Å²) in [5.74, 6) is -0.419. The molecule has 0 spiro atoms. The van der Waals surface area contributed by atoms with Crippen LogP contribution in [0.5, 0.6) is 0 Å². The Morgan fingerprint density at radius 2 is 1.76 bits per heavy atom. The molecule has 0 atom stereocenters. The zero-order chi connectivity index (χ0) is 21.7. The van der Waals surface area contributed by atoms with Crippen LogP contribution in [0.2, 0.25) is 0 Å². The third-order valence-corrected chi connectivity index (χ3v) is 5.43. The number of hydrogen-bond donors (Lipinski definition) is 0. The third kappa shape index (κ3) is 3.82. The van der Waals surface area contributed by atoms with Crippen LogP contribution in [0.25, 0.3) is 22.6 Å². The van der Waals surface area contributed by atoms with Gasteiger partial charge in [-0.1, -0.05) is 0 Å². The van der Waals surface area contributed by atoms with Crippen molar-refractivity contribution in [2.24, 2.45) is 7.05 Å². The number of alkyl halides is 3. The van der Waals surface area contributed by atoms with Crippen LogP contribution in [0.1, 0.15) is 16.1 Å². The van der Waals surface area contributed by atoms with E-state index in [1.807, 2.05) is 0 Å². The minimum absolute atomic E-state index is 0.0135. The molecule has 0 aliphatic rings. The van der Waals surface area contributed by atoms with Gasteiger partial charge in [-0.15, -0.1) is 0 Å². The average molecular weight is 426 g/mol. The van der Waals surface area contributed by atoms with E-state index in [1.54, 1.807) is 0 Å². The molecule has 0 saturated heterocycles. The molecule has 2 aromatic heterocycles. The van der Waals surface area contributed by atoms with Gasteiger partial charge in [0.15, 0.2) is 15.7 Å². The van der Waals surface area contributed by atoms with Gasteiger partial charge in [0, 0.05) is 27.4 Å². The van der Waals surface area contributed by atoms with Crippen molar-refractivity contribution in [1.82, 2.24) is 19.4 Å². The van der Waals surface area contributed by atoms with E-state index in [2.05, 4.69) is 9.97 Å². The molecule has 0 bridgehead atoms. The molecular weight excluding hydrogens is 409 g/mol. The first-order chi connectivity index (χ1) is 13.3. The lowest BCUT2D eigenvalue weighted by Crippen LogP contribution is -2.23. The highest BCUT2D eigenvalue weighted by molar-refractivity contribution is 7.90. The zero-order valence-electron chi connectivity index (χ0n) is 15.9. The summed E-state index contributed by atoms with van der Waals surface area (Å²) in [5.41, 5.74) is -0.600. The zero-order valence-corrected chi connectivity index (χ0v) is 16.8. The monoisotopic (exact) mass is 426 g/mol. The number of carbonyl (C=O) groups is 1. The first-order valence-corrected chi connectivity index (χ1v) is 10.2. The Morgan fingerprint density at radius 1 is 1.10 bits per heavy atom. The lowest BCUT2D eigenvalue weighted by atomic mass is 10.2. The molecule has 1 aromatic carbocycles. The van der Waals surface area contributed by atoms with E-state index in [4.69, 9.17) is 0 Å². The fourth-order valence-electron chi connectivity index (χ4n) is 2.84. The molecule has 154 valence electrons. The molecule has 0 saturated carbocycles. The normalized spacial score (nSPS) is 12.4. The van der Waals surface area contributed by atoms with Crippen LogP contribution in [0, 0.1) is 0 Å². The van der Waals surface area contributed by atoms with E-state index in [-0.39, 0.29) is 27.6 Å². The number of sulfone groups is 1. The van der Waals surface area contributed by atoms with Crippen molar-refractivity contribution < 1.29 is 26.4 Å². The highest BCUT2D eigenvalue weighted by Gasteiger charge is 2.31. The first kappa shape index (κ1) is 20.8. The minimum Gasteiger partial charge on any atom is -0.343 e. The van der Waals surface area contributed by atoms with E-state index in [0.29, 0.717) is 5.52 Å². The summed E-state index contributed by atoms with van der Waals surface area (Å²) in [5, 5.41) is 0. The number of imidazole rings is 1. The largest absolute Gasteiger partial charge is 0.416 e. The summed E-state index contributed by atoms with van der Waals surface area (Å²) < 4.78 is 65.0. The number of nitrogens with zero attached hydrogens (tertiary/aromatic N) is 4. The number of carbonyl (C=O) groups excluding carboxylic acids is 1. The van der Waals surface area contributed by atoms with Gasteiger partial charge in [0.1, 0.15) is 11.4 Å². The number of benzene rings is 1. The lowest BCUT2D eigenvalue weighted by molar-refractivity contribution is -0.137. The Labute approximate surface area is 164 Å². The van der Waals surface area contributed by atoms with Gasteiger partial charge < -0.3 is 9.47 Å².